The van der Waals surface area contributed by atoms with Gasteiger partial charge in [-0.05, 0) is 37.9 Å². The second-order valence-corrected chi connectivity index (χ2v) is 7.87. The normalized spacial score (nSPS) is 23.8. The van der Waals surface area contributed by atoms with Gasteiger partial charge in [0.1, 0.15) is 0 Å². The molecular formula is C16H27N3O2S. The number of piperidine rings is 1. The van der Waals surface area contributed by atoms with Gasteiger partial charge < -0.3 is 0 Å². The average molecular weight is 325 g/mol. The molecule has 2 atom stereocenters. The summed E-state index contributed by atoms with van der Waals surface area (Å²) >= 11 is 0. The van der Waals surface area contributed by atoms with Gasteiger partial charge in [-0.1, -0.05) is 37.3 Å². The quantitative estimate of drug-likeness (QED) is 0.868. The molecular weight excluding hydrogens is 298 g/mol. The zero-order valence-corrected chi connectivity index (χ0v) is 14.5. The van der Waals surface area contributed by atoms with Crippen molar-refractivity contribution in [1.82, 2.24) is 13.9 Å². The first-order chi connectivity index (χ1) is 10.5. The number of hydrogen-bond acceptors (Lipinski definition) is 3. The predicted molar refractivity (Wildman–Crippen MR) is 89.8 cm³/mol. The van der Waals surface area contributed by atoms with Gasteiger partial charge in [0.05, 0.1) is 0 Å². The van der Waals surface area contributed by atoms with Crippen molar-refractivity contribution >= 4 is 10.2 Å². The predicted octanol–water partition coefficient (Wildman–Crippen LogP) is 1.86. The lowest BCUT2D eigenvalue weighted by Crippen LogP contribution is -2.45. The highest BCUT2D eigenvalue weighted by atomic mass is 32.2. The minimum absolute atomic E-state index is 0.268. The van der Waals surface area contributed by atoms with Crippen LogP contribution < -0.4 is 4.72 Å². The fourth-order valence-corrected chi connectivity index (χ4v) is 4.13. The summed E-state index contributed by atoms with van der Waals surface area (Å²) in [5.41, 5.74) is 1.26. The second kappa shape index (κ2) is 7.55. The maximum atomic E-state index is 12.1. The van der Waals surface area contributed by atoms with Gasteiger partial charge in [0.15, 0.2) is 0 Å². The van der Waals surface area contributed by atoms with Crippen LogP contribution in [0.2, 0.25) is 0 Å². The van der Waals surface area contributed by atoms with Gasteiger partial charge in [-0.15, -0.1) is 0 Å². The van der Waals surface area contributed by atoms with Crippen LogP contribution >= 0.6 is 0 Å². The van der Waals surface area contributed by atoms with Crippen LogP contribution in [0.4, 0.5) is 0 Å². The zero-order chi connectivity index (χ0) is 16.2. The Balaban J connectivity index is 2.11. The molecule has 1 aromatic carbocycles. The maximum absolute atomic E-state index is 12.1. The molecule has 124 valence electrons. The van der Waals surface area contributed by atoms with Gasteiger partial charge in [0.2, 0.25) is 0 Å². The van der Waals surface area contributed by atoms with E-state index in [9.17, 15) is 8.42 Å². The first-order valence-corrected chi connectivity index (χ1v) is 9.36. The van der Waals surface area contributed by atoms with E-state index in [1.807, 2.05) is 25.1 Å². The molecule has 1 N–H and O–H groups in total. The van der Waals surface area contributed by atoms with Crippen molar-refractivity contribution in [3.63, 3.8) is 0 Å². The SMILES string of the molecule is CCN(C)S(=O)(=O)NCC1CCCN(C)C1c1ccccc1. The van der Waals surface area contributed by atoms with Crippen molar-refractivity contribution in [2.75, 3.05) is 33.7 Å². The molecule has 0 aliphatic carbocycles. The van der Waals surface area contributed by atoms with E-state index in [0.29, 0.717) is 19.0 Å². The lowest BCUT2D eigenvalue weighted by molar-refractivity contribution is 0.123. The molecule has 0 saturated carbocycles. The molecule has 1 aromatic rings. The van der Waals surface area contributed by atoms with E-state index in [1.54, 1.807) is 7.05 Å². The molecule has 0 radical (unpaired) electrons. The van der Waals surface area contributed by atoms with Crippen LogP contribution in [0.3, 0.4) is 0 Å². The van der Waals surface area contributed by atoms with Crippen LogP contribution in [0.5, 0.6) is 0 Å². The molecule has 1 heterocycles. The number of rotatable bonds is 6. The molecule has 5 nitrogen and oxygen atoms in total. The minimum atomic E-state index is -3.37. The average Bonchev–Trinajstić information content (AvgIpc) is 2.53. The van der Waals surface area contributed by atoms with Gasteiger partial charge in [-0.3, -0.25) is 4.90 Å². The Hall–Kier alpha value is -0.950. The molecule has 6 heteroatoms. The lowest BCUT2D eigenvalue weighted by atomic mass is 9.85. The molecule has 0 spiro atoms. The van der Waals surface area contributed by atoms with Crippen LogP contribution in [0.15, 0.2) is 30.3 Å². The summed E-state index contributed by atoms with van der Waals surface area (Å²) in [6, 6.07) is 10.6. The third-order valence-electron chi connectivity index (χ3n) is 4.53. The Morgan fingerprint density at radius 2 is 2.00 bits per heavy atom. The highest BCUT2D eigenvalue weighted by Crippen LogP contribution is 2.34. The van der Waals surface area contributed by atoms with Crippen LogP contribution in [0.25, 0.3) is 0 Å². The Kier molecular flexibility index (Phi) is 5.97. The number of likely N-dealkylation sites (tertiary alicyclic amines) is 1. The zero-order valence-electron chi connectivity index (χ0n) is 13.7. The summed E-state index contributed by atoms with van der Waals surface area (Å²) in [5, 5.41) is 0. The Morgan fingerprint density at radius 3 is 2.64 bits per heavy atom. The first-order valence-electron chi connectivity index (χ1n) is 7.91. The first kappa shape index (κ1) is 17.4. The summed E-state index contributed by atoms with van der Waals surface area (Å²) in [6.07, 6.45) is 2.15. The fourth-order valence-electron chi connectivity index (χ4n) is 3.14. The summed E-state index contributed by atoms with van der Waals surface area (Å²) in [7, 11) is 0.355. The van der Waals surface area contributed by atoms with Crippen molar-refractivity contribution in [3.05, 3.63) is 35.9 Å². The van der Waals surface area contributed by atoms with Crippen LogP contribution in [0.1, 0.15) is 31.4 Å². The number of benzene rings is 1. The Bertz CT molecular complexity index is 562. The van der Waals surface area contributed by atoms with E-state index in [-0.39, 0.29) is 6.04 Å². The summed E-state index contributed by atoms with van der Waals surface area (Å²) < 4.78 is 28.4. The maximum Gasteiger partial charge on any atom is 0.279 e. The van der Waals surface area contributed by atoms with Crippen molar-refractivity contribution in [1.29, 1.82) is 0 Å². The molecule has 0 amide bonds. The molecule has 0 aromatic heterocycles. The van der Waals surface area contributed by atoms with E-state index >= 15 is 0 Å². The van der Waals surface area contributed by atoms with Crippen molar-refractivity contribution in [3.8, 4) is 0 Å². The van der Waals surface area contributed by atoms with E-state index in [0.717, 1.165) is 19.4 Å². The van der Waals surface area contributed by atoms with Gasteiger partial charge in [-0.25, -0.2) is 4.72 Å². The fraction of sp³-hybridized carbons (Fsp3) is 0.625. The van der Waals surface area contributed by atoms with Gasteiger partial charge in [0, 0.05) is 26.2 Å². The molecule has 1 saturated heterocycles. The number of nitrogens with zero attached hydrogens (tertiary/aromatic N) is 2. The van der Waals surface area contributed by atoms with Crippen LogP contribution in [-0.2, 0) is 10.2 Å². The smallest absolute Gasteiger partial charge is 0.279 e. The summed E-state index contributed by atoms with van der Waals surface area (Å²) in [6.45, 7) is 3.84. The Morgan fingerprint density at radius 1 is 1.32 bits per heavy atom. The minimum Gasteiger partial charge on any atom is -0.299 e. The molecule has 1 fully saturated rings. The molecule has 0 bridgehead atoms. The van der Waals surface area contributed by atoms with Crippen molar-refractivity contribution in [2.24, 2.45) is 5.92 Å². The van der Waals surface area contributed by atoms with Crippen LogP contribution in [0, 0.1) is 5.92 Å². The lowest BCUT2D eigenvalue weighted by Gasteiger charge is -2.39. The highest BCUT2D eigenvalue weighted by Gasteiger charge is 2.31. The van der Waals surface area contributed by atoms with E-state index in [1.165, 1.54) is 9.87 Å². The molecule has 2 rings (SSSR count). The number of hydrogen-bond donors (Lipinski definition) is 1. The van der Waals surface area contributed by atoms with E-state index < -0.39 is 10.2 Å². The third kappa shape index (κ3) is 4.07. The topological polar surface area (TPSA) is 52.7 Å². The monoisotopic (exact) mass is 325 g/mol. The standard InChI is InChI=1S/C16H27N3O2S/c1-4-19(3)22(20,21)17-13-15-11-8-12-18(2)16(15)14-9-6-5-7-10-14/h5-7,9-10,15-17H,4,8,11-13H2,1-3H3. The second-order valence-electron chi connectivity index (χ2n) is 6.01. The highest BCUT2D eigenvalue weighted by molar-refractivity contribution is 7.87. The van der Waals surface area contributed by atoms with E-state index in [4.69, 9.17) is 0 Å². The summed E-state index contributed by atoms with van der Waals surface area (Å²) in [4.78, 5) is 2.33. The largest absolute Gasteiger partial charge is 0.299 e. The molecule has 2 unspecified atom stereocenters. The number of nitrogens with one attached hydrogen (secondary N) is 1. The third-order valence-corrected chi connectivity index (χ3v) is 6.14. The molecule has 22 heavy (non-hydrogen) atoms. The van der Waals surface area contributed by atoms with Crippen molar-refractivity contribution < 1.29 is 8.42 Å². The Labute approximate surface area is 134 Å². The van der Waals surface area contributed by atoms with Gasteiger partial charge >= 0.3 is 0 Å². The van der Waals surface area contributed by atoms with Crippen LogP contribution in [-0.4, -0.2) is 51.4 Å². The molecule has 1 aliphatic heterocycles. The molecule has 1 aliphatic rings. The van der Waals surface area contributed by atoms with E-state index in [2.05, 4.69) is 28.8 Å². The van der Waals surface area contributed by atoms with Crippen molar-refractivity contribution in [2.45, 2.75) is 25.8 Å². The van der Waals surface area contributed by atoms with Gasteiger partial charge in [0.25, 0.3) is 10.2 Å². The summed E-state index contributed by atoms with van der Waals surface area (Å²) in [5.74, 6) is 0.293. The van der Waals surface area contributed by atoms with Gasteiger partial charge in [-0.2, -0.15) is 12.7 Å².